The Bertz CT molecular complexity index is 1010. The molecule has 2 N–H and O–H groups in total. The number of rotatable bonds is 5. The summed E-state index contributed by atoms with van der Waals surface area (Å²) in [6.45, 7) is 9.36. The van der Waals surface area contributed by atoms with Gasteiger partial charge in [-0.25, -0.2) is 4.98 Å². The summed E-state index contributed by atoms with van der Waals surface area (Å²) >= 11 is 0. The van der Waals surface area contributed by atoms with E-state index in [1.165, 1.54) is 0 Å². The molecule has 0 bridgehead atoms. The quantitative estimate of drug-likeness (QED) is 0.700. The summed E-state index contributed by atoms with van der Waals surface area (Å²) in [5.41, 5.74) is 11.4. The molecule has 1 fully saturated rings. The van der Waals surface area contributed by atoms with Crippen molar-refractivity contribution >= 4 is 23.7 Å². The van der Waals surface area contributed by atoms with Crippen LogP contribution in [-0.4, -0.2) is 28.0 Å². The van der Waals surface area contributed by atoms with E-state index in [2.05, 4.69) is 33.0 Å². The van der Waals surface area contributed by atoms with Crippen molar-refractivity contribution in [2.45, 2.75) is 5.92 Å². The Morgan fingerprint density at radius 3 is 2.59 bits per heavy atom. The van der Waals surface area contributed by atoms with Gasteiger partial charge in [0.1, 0.15) is 5.82 Å². The molecule has 0 unspecified atom stereocenters. The number of hydrogen-bond donors (Lipinski definition) is 1. The van der Waals surface area contributed by atoms with Crippen LogP contribution in [0.3, 0.4) is 0 Å². The molecule has 5 nitrogen and oxygen atoms in total. The number of aromatic nitrogens is 3. The fourth-order valence-electron chi connectivity index (χ4n) is 3.38. The smallest absolute Gasteiger partial charge is 0.129 e. The average Bonchev–Trinajstić information content (AvgIpc) is 2.67. The largest absolute Gasteiger partial charge is 0.399 e. The third kappa shape index (κ3) is 3.19. The molecule has 0 saturated carbocycles. The van der Waals surface area contributed by atoms with E-state index in [0.29, 0.717) is 5.92 Å². The van der Waals surface area contributed by atoms with Crippen LogP contribution in [0, 0.1) is 0 Å². The predicted molar refractivity (Wildman–Crippen MR) is 111 cm³/mol. The van der Waals surface area contributed by atoms with Crippen LogP contribution in [-0.2, 0) is 0 Å². The molecule has 0 amide bonds. The SMILES string of the molecule is C=Cc1ccc(N2CC(c3nccnc3-c3cccc(N)c3)C2)nc1C=C. The Kier molecular flexibility index (Phi) is 4.42. The minimum Gasteiger partial charge on any atom is -0.399 e. The number of anilines is 2. The van der Waals surface area contributed by atoms with Crippen LogP contribution in [0.15, 0.2) is 61.9 Å². The lowest BCUT2D eigenvalue weighted by Gasteiger charge is -2.40. The first-order chi connectivity index (χ1) is 13.2. The van der Waals surface area contributed by atoms with Gasteiger partial charge in [0.05, 0.1) is 17.1 Å². The first kappa shape index (κ1) is 17.0. The summed E-state index contributed by atoms with van der Waals surface area (Å²) in [4.78, 5) is 16.1. The predicted octanol–water partition coefficient (Wildman–Crippen LogP) is 4.01. The van der Waals surface area contributed by atoms with E-state index in [4.69, 9.17) is 5.73 Å². The van der Waals surface area contributed by atoms with Crippen LogP contribution in [0.5, 0.6) is 0 Å². The van der Waals surface area contributed by atoms with Crippen molar-refractivity contribution in [3.05, 3.63) is 78.9 Å². The van der Waals surface area contributed by atoms with Crippen molar-refractivity contribution < 1.29 is 0 Å². The van der Waals surface area contributed by atoms with E-state index in [9.17, 15) is 0 Å². The Hall–Kier alpha value is -3.47. The van der Waals surface area contributed by atoms with Gasteiger partial charge in [-0.3, -0.25) is 9.97 Å². The molecular formula is C22H21N5. The number of nitrogens with two attached hydrogens (primary N) is 1. The van der Waals surface area contributed by atoms with Gasteiger partial charge in [-0.2, -0.15) is 0 Å². The average molecular weight is 355 g/mol. The third-order valence-electron chi connectivity index (χ3n) is 4.83. The molecule has 1 aromatic carbocycles. The van der Waals surface area contributed by atoms with Crippen molar-refractivity contribution in [1.82, 2.24) is 15.0 Å². The monoisotopic (exact) mass is 355 g/mol. The van der Waals surface area contributed by atoms with E-state index >= 15 is 0 Å². The van der Waals surface area contributed by atoms with Crippen molar-refractivity contribution in [1.29, 1.82) is 0 Å². The maximum absolute atomic E-state index is 5.94. The van der Waals surface area contributed by atoms with Gasteiger partial charge in [0.15, 0.2) is 0 Å². The van der Waals surface area contributed by atoms with Crippen LogP contribution >= 0.6 is 0 Å². The van der Waals surface area contributed by atoms with Crippen LogP contribution in [0.4, 0.5) is 11.5 Å². The van der Waals surface area contributed by atoms with Gasteiger partial charge in [-0.1, -0.05) is 31.4 Å². The molecule has 5 heteroatoms. The minimum absolute atomic E-state index is 0.309. The molecule has 0 atom stereocenters. The van der Waals surface area contributed by atoms with Crippen LogP contribution in [0.1, 0.15) is 22.9 Å². The highest BCUT2D eigenvalue weighted by Crippen LogP contribution is 2.34. The number of benzene rings is 1. The second-order valence-corrected chi connectivity index (χ2v) is 6.57. The van der Waals surface area contributed by atoms with Gasteiger partial charge in [0, 0.05) is 42.7 Å². The zero-order valence-electron chi connectivity index (χ0n) is 15.0. The molecule has 134 valence electrons. The highest BCUT2D eigenvalue weighted by atomic mass is 15.2. The van der Waals surface area contributed by atoms with Crippen LogP contribution in [0.2, 0.25) is 0 Å². The van der Waals surface area contributed by atoms with E-state index < -0.39 is 0 Å². The molecule has 0 spiro atoms. The fourth-order valence-corrected chi connectivity index (χ4v) is 3.38. The topological polar surface area (TPSA) is 67.9 Å². The van der Waals surface area contributed by atoms with Gasteiger partial charge in [0.25, 0.3) is 0 Å². The van der Waals surface area contributed by atoms with Crippen molar-refractivity contribution in [2.24, 2.45) is 0 Å². The Labute approximate surface area is 158 Å². The van der Waals surface area contributed by atoms with Crippen LogP contribution in [0.25, 0.3) is 23.4 Å². The maximum atomic E-state index is 5.94. The lowest BCUT2D eigenvalue weighted by Crippen LogP contribution is -2.46. The molecular weight excluding hydrogens is 334 g/mol. The molecule has 0 radical (unpaired) electrons. The highest BCUT2D eigenvalue weighted by Gasteiger charge is 2.32. The van der Waals surface area contributed by atoms with Gasteiger partial charge in [0.2, 0.25) is 0 Å². The zero-order chi connectivity index (χ0) is 18.8. The normalized spacial score (nSPS) is 13.9. The van der Waals surface area contributed by atoms with Crippen molar-refractivity contribution in [3.8, 4) is 11.3 Å². The highest BCUT2D eigenvalue weighted by molar-refractivity contribution is 5.67. The number of nitrogens with zero attached hydrogens (tertiary/aromatic N) is 4. The summed E-state index contributed by atoms with van der Waals surface area (Å²) in [6, 6.07) is 11.8. The van der Waals surface area contributed by atoms with Gasteiger partial charge < -0.3 is 10.6 Å². The van der Waals surface area contributed by atoms with Gasteiger partial charge >= 0.3 is 0 Å². The first-order valence-corrected chi connectivity index (χ1v) is 8.87. The molecule has 3 aromatic rings. The van der Waals surface area contributed by atoms with E-state index in [1.807, 2.05) is 36.4 Å². The summed E-state index contributed by atoms with van der Waals surface area (Å²) < 4.78 is 0. The molecule has 2 aromatic heterocycles. The van der Waals surface area contributed by atoms with Crippen molar-refractivity contribution in [2.75, 3.05) is 23.7 Å². The standard InChI is InChI=1S/C22H21N5/c1-3-15-8-9-20(26-19(15)4-2)27-13-17(14-27)22-21(24-10-11-25-22)16-6-5-7-18(23)12-16/h3-12,17H,1-2,13-14,23H2. The summed E-state index contributed by atoms with van der Waals surface area (Å²) in [6.07, 6.45) is 7.04. The molecule has 0 aliphatic carbocycles. The molecule has 1 aliphatic heterocycles. The third-order valence-corrected chi connectivity index (χ3v) is 4.83. The Morgan fingerprint density at radius 2 is 1.85 bits per heavy atom. The summed E-state index contributed by atoms with van der Waals surface area (Å²) in [5, 5.41) is 0. The fraction of sp³-hybridized carbons (Fsp3) is 0.136. The number of nitrogen functional groups attached to an aromatic ring is 1. The molecule has 1 aliphatic rings. The van der Waals surface area contributed by atoms with E-state index in [-0.39, 0.29) is 0 Å². The molecule has 4 rings (SSSR count). The van der Waals surface area contributed by atoms with Crippen LogP contribution < -0.4 is 10.6 Å². The maximum Gasteiger partial charge on any atom is 0.129 e. The van der Waals surface area contributed by atoms with Gasteiger partial charge in [-0.05, 0) is 35.9 Å². The van der Waals surface area contributed by atoms with E-state index in [1.54, 1.807) is 24.5 Å². The lowest BCUT2D eigenvalue weighted by atomic mass is 9.92. The summed E-state index contributed by atoms with van der Waals surface area (Å²) in [5.74, 6) is 1.25. The molecule has 1 saturated heterocycles. The Morgan fingerprint density at radius 1 is 1.04 bits per heavy atom. The summed E-state index contributed by atoms with van der Waals surface area (Å²) in [7, 11) is 0. The van der Waals surface area contributed by atoms with Gasteiger partial charge in [-0.15, -0.1) is 0 Å². The minimum atomic E-state index is 0.309. The van der Waals surface area contributed by atoms with E-state index in [0.717, 1.165) is 52.8 Å². The number of hydrogen-bond acceptors (Lipinski definition) is 5. The second kappa shape index (κ2) is 7.03. The zero-order valence-corrected chi connectivity index (χ0v) is 15.0. The molecule has 27 heavy (non-hydrogen) atoms. The number of pyridine rings is 1. The molecule has 3 heterocycles. The Balaban J connectivity index is 1.57. The van der Waals surface area contributed by atoms with Crippen molar-refractivity contribution in [3.63, 3.8) is 0 Å². The second-order valence-electron chi connectivity index (χ2n) is 6.57. The lowest BCUT2D eigenvalue weighted by molar-refractivity contribution is 0.508. The first-order valence-electron chi connectivity index (χ1n) is 8.87.